The van der Waals surface area contributed by atoms with E-state index in [0.717, 1.165) is 24.6 Å². The highest BCUT2D eigenvalue weighted by Crippen LogP contribution is 2.27. The molecule has 2 atom stereocenters. The zero-order chi connectivity index (χ0) is 15.4. The minimum Gasteiger partial charge on any atom is -0.388 e. The summed E-state index contributed by atoms with van der Waals surface area (Å²) >= 11 is 0. The van der Waals surface area contributed by atoms with Crippen LogP contribution in [0.4, 0.5) is 0 Å². The number of aryl methyl sites for hydroxylation is 3. The number of likely N-dealkylation sites (tertiary alicyclic amines) is 1. The molecule has 0 aromatic heterocycles. The van der Waals surface area contributed by atoms with Crippen LogP contribution >= 0.6 is 0 Å². The Morgan fingerprint density at radius 3 is 2.48 bits per heavy atom. The van der Waals surface area contributed by atoms with Crippen molar-refractivity contribution in [3.63, 3.8) is 0 Å². The van der Waals surface area contributed by atoms with Crippen LogP contribution in [0.15, 0.2) is 12.1 Å². The minimum absolute atomic E-state index is 0.329. The molecule has 1 aliphatic heterocycles. The van der Waals surface area contributed by atoms with E-state index >= 15 is 0 Å². The number of nitrogens with zero attached hydrogens (tertiary/aromatic N) is 1. The fraction of sp³-hybridized carbons (Fsp3) is 0.684. The van der Waals surface area contributed by atoms with E-state index in [4.69, 9.17) is 0 Å². The van der Waals surface area contributed by atoms with Crippen molar-refractivity contribution in [1.29, 1.82) is 0 Å². The van der Waals surface area contributed by atoms with Gasteiger partial charge in [-0.3, -0.25) is 0 Å². The van der Waals surface area contributed by atoms with Crippen molar-refractivity contribution in [2.45, 2.75) is 71.9 Å². The molecule has 1 N–H and O–H groups in total. The molecule has 0 aliphatic carbocycles. The van der Waals surface area contributed by atoms with Crippen LogP contribution in [0, 0.1) is 20.8 Å². The summed E-state index contributed by atoms with van der Waals surface area (Å²) < 4.78 is 0. The van der Waals surface area contributed by atoms with Gasteiger partial charge in [0, 0.05) is 12.6 Å². The van der Waals surface area contributed by atoms with Gasteiger partial charge in [0.25, 0.3) is 0 Å². The Labute approximate surface area is 130 Å². The first-order chi connectivity index (χ1) is 10.0. The summed E-state index contributed by atoms with van der Waals surface area (Å²) in [5, 5.41) is 10.6. The van der Waals surface area contributed by atoms with E-state index < -0.39 is 0 Å². The summed E-state index contributed by atoms with van der Waals surface area (Å²) in [5.41, 5.74) is 4.88. The Kier molecular flexibility index (Phi) is 5.83. The molecule has 1 aromatic rings. The number of benzene rings is 1. The van der Waals surface area contributed by atoms with Crippen LogP contribution in [0.5, 0.6) is 0 Å². The molecule has 2 heteroatoms. The Bertz CT molecular complexity index is 446. The number of piperidine rings is 1. The zero-order valence-electron chi connectivity index (χ0n) is 14.2. The highest BCUT2D eigenvalue weighted by molar-refractivity contribution is 5.38. The van der Waals surface area contributed by atoms with Gasteiger partial charge in [0.1, 0.15) is 0 Å². The van der Waals surface area contributed by atoms with Crippen molar-refractivity contribution < 1.29 is 5.11 Å². The van der Waals surface area contributed by atoms with Gasteiger partial charge in [-0.05, 0) is 69.7 Å². The van der Waals surface area contributed by atoms with Crippen LogP contribution in [0.25, 0.3) is 0 Å². The molecular formula is C19H31NO. The van der Waals surface area contributed by atoms with E-state index in [-0.39, 0.29) is 6.10 Å². The summed E-state index contributed by atoms with van der Waals surface area (Å²) in [4.78, 5) is 2.59. The maximum atomic E-state index is 10.6. The molecule has 0 bridgehead atoms. The van der Waals surface area contributed by atoms with Crippen LogP contribution in [0.1, 0.15) is 67.4 Å². The van der Waals surface area contributed by atoms with Crippen LogP contribution in [0.3, 0.4) is 0 Å². The Morgan fingerprint density at radius 2 is 1.86 bits per heavy atom. The van der Waals surface area contributed by atoms with Crippen molar-refractivity contribution >= 4 is 0 Å². The summed E-state index contributed by atoms with van der Waals surface area (Å²) in [5.74, 6) is 0. The van der Waals surface area contributed by atoms with Gasteiger partial charge in [0.2, 0.25) is 0 Å². The number of hydrogen-bond acceptors (Lipinski definition) is 2. The lowest BCUT2D eigenvalue weighted by molar-refractivity contribution is 0.101. The van der Waals surface area contributed by atoms with Gasteiger partial charge in [0.15, 0.2) is 0 Å². The number of aliphatic hydroxyl groups excluding tert-OH is 1. The maximum absolute atomic E-state index is 10.6. The first-order valence-electron chi connectivity index (χ1n) is 8.52. The quantitative estimate of drug-likeness (QED) is 0.873. The summed E-state index contributed by atoms with van der Waals surface area (Å²) in [6.45, 7) is 10.9. The van der Waals surface area contributed by atoms with Crippen LogP contribution in [-0.4, -0.2) is 29.1 Å². The lowest BCUT2D eigenvalue weighted by Gasteiger charge is -2.35. The Balaban J connectivity index is 2.00. The third-order valence-corrected chi connectivity index (χ3v) is 4.98. The largest absolute Gasteiger partial charge is 0.388 e. The van der Waals surface area contributed by atoms with Gasteiger partial charge in [0.05, 0.1) is 6.10 Å². The fourth-order valence-electron chi connectivity index (χ4n) is 3.97. The fourth-order valence-corrected chi connectivity index (χ4v) is 3.97. The molecule has 1 fully saturated rings. The normalized spacial score (nSPS) is 21.5. The second-order valence-electron chi connectivity index (χ2n) is 6.71. The number of rotatable bonds is 5. The molecule has 0 spiro atoms. The Hall–Kier alpha value is -0.860. The standard InChI is InChI=1S/C19H31NO/c1-5-17-8-6-7-10-20(17)11-9-18(21)19-15(3)12-14(2)13-16(19)4/h12-13,17-18,21H,5-11H2,1-4H3. The highest BCUT2D eigenvalue weighted by atomic mass is 16.3. The van der Waals surface area contributed by atoms with E-state index in [1.807, 2.05) is 0 Å². The lowest BCUT2D eigenvalue weighted by Crippen LogP contribution is -2.40. The maximum Gasteiger partial charge on any atom is 0.0807 e. The SMILES string of the molecule is CCC1CCCCN1CCC(O)c1c(C)cc(C)cc1C. The van der Waals surface area contributed by atoms with E-state index in [2.05, 4.69) is 44.7 Å². The second kappa shape index (κ2) is 7.42. The second-order valence-corrected chi connectivity index (χ2v) is 6.71. The van der Waals surface area contributed by atoms with Gasteiger partial charge in [-0.25, -0.2) is 0 Å². The first kappa shape index (κ1) is 16.5. The monoisotopic (exact) mass is 289 g/mol. The van der Waals surface area contributed by atoms with E-state index in [9.17, 15) is 5.11 Å². The van der Waals surface area contributed by atoms with Gasteiger partial charge in [-0.1, -0.05) is 31.0 Å². The predicted molar refractivity (Wildman–Crippen MR) is 89.7 cm³/mol. The van der Waals surface area contributed by atoms with Gasteiger partial charge in [-0.2, -0.15) is 0 Å². The van der Waals surface area contributed by atoms with Gasteiger partial charge >= 0.3 is 0 Å². The summed E-state index contributed by atoms with van der Waals surface area (Å²) in [6, 6.07) is 5.09. The van der Waals surface area contributed by atoms with Crippen molar-refractivity contribution in [2.75, 3.05) is 13.1 Å². The van der Waals surface area contributed by atoms with E-state index in [0.29, 0.717) is 0 Å². The topological polar surface area (TPSA) is 23.5 Å². The Morgan fingerprint density at radius 1 is 1.19 bits per heavy atom. The van der Waals surface area contributed by atoms with Crippen molar-refractivity contribution in [2.24, 2.45) is 0 Å². The van der Waals surface area contributed by atoms with E-state index in [1.165, 1.54) is 48.9 Å². The molecule has 1 heterocycles. The number of aliphatic hydroxyl groups is 1. The molecule has 0 amide bonds. The molecular weight excluding hydrogens is 258 g/mol. The summed E-state index contributed by atoms with van der Waals surface area (Å²) in [6.07, 6.45) is 5.77. The summed E-state index contributed by atoms with van der Waals surface area (Å²) in [7, 11) is 0. The van der Waals surface area contributed by atoms with Gasteiger partial charge in [-0.15, -0.1) is 0 Å². The third-order valence-electron chi connectivity index (χ3n) is 4.98. The average Bonchev–Trinajstić information content (AvgIpc) is 2.44. The van der Waals surface area contributed by atoms with Gasteiger partial charge < -0.3 is 10.0 Å². The van der Waals surface area contributed by atoms with Crippen LogP contribution in [-0.2, 0) is 0 Å². The van der Waals surface area contributed by atoms with Crippen molar-refractivity contribution in [3.8, 4) is 0 Å². The van der Waals surface area contributed by atoms with E-state index in [1.54, 1.807) is 0 Å². The molecule has 2 nitrogen and oxygen atoms in total. The highest BCUT2D eigenvalue weighted by Gasteiger charge is 2.22. The molecule has 2 unspecified atom stereocenters. The molecule has 21 heavy (non-hydrogen) atoms. The minimum atomic E-state index is -0.329. The first-order valence-corrected chi connectivity index (χ1v) is 8.52. The molecule has 118 valence electrons. The molecule has 0 radical (unpaired) electrons. The van der Waals surface area contributed by atoms with Crippen molar-refractivity contribution in [3.05, 3.63) is 34.4 Å². The number of hydrogen-bond donors (Lipinski definition) is 1. The molecule has 2 rings (SSSR count). The van der Waals surface area contributed by atoms with Crippen LogP contribution in [0.2, 0.25) is 0 Å². The smallest absolute Gasteiger partial charge is 0.0807 e. The molecule has 1 aliphatic rings. The van der Waals surface area contributed by atoms with Crippen LogP contribution < -0.4 is 0 Å². The molecule has 1 saturated heterocycles. The molecule has 1 aromatic carbocycles. The average molecular weight is 289 g/mol. The molecule has 0 saturated carbocycles. The lowest BCUT2D eigenvalue weighted by atomic mass is 9.93. The van der Waals surface area contributed by atoms with Crippen molar-refractivity contribution in [1.82, 2.24) is 4.90 Å². The predicted octanol–water partition coefficient (Wildman–Crippen LogP) is 4.30. The zero-order valence-corrected chi connectivity index (χ0v) is 14.2. The third kappa shape index (κ3) is 4.08.